The van der Waals surface area contributed by atoms with E-state index in [1.54, 1.807) is 6.07 Å². The molecule has 4 nitrogen and oxygen atoms in total. The number of halogens is 2. The lowest BCUT2D eigenvalue weighted by molar-refractivity contribution is -0.118. The molecule has 0 bridgehead atoms. The molecule has 1 rings (SSSR count). The quantitative estimate of drug-likeness (QED) is 0.852. The summed E-state index contributed by atoms with van der Waals surface area (Å²) >= 11 is 0. The molecule has 0 aliphatic rings. The number of nitrogens with one attached hydrogen (secondary N) is 1. The minimum absolute atomic E-state index is 0.0134. The second kappa shape index (κ2) is 7.05. The Bertz CT molecular complexity index is 440. The van der Waals surface area contributed by atoms with Gasteiger partial charge in [0, 0.05) is 23.6 Å². The van der Waals surface area contributed by atoms with E-state index in [4.69, 9.17) is 0 Å². The molecule has 0 spiro atoms. The fourth-order valence-corrected chi connectivity index (χ4v) is 2.36. The summed E-state index contributed by atoms with van der Waals surface area (Å²) in [5.41, 5.74) is 0.579. The second-order valence-electron chi connectivity index (χ2n) is 3.43. The van der Waals surface area contributed by atoms with E-state index in [1.165, 1.54) is 25.2 Å². The Morgan fingerprint density at radius 1 is 1.50 bits per heavy atom. The Labute approximate surface area is 106 Å². The summed E-state index contributed by atoms with van der Waals surface area (Å²) < 4.78 is 39.8. The van der Waals surface area contributed by atoms with E-state index in [0.717, 1.165) is 0 Å². The SMILES string of the molecule is CNC(=O)C[S@@](=O)Cc1cccc(OC(F)F)c1. The summed E-state index contributed by atoms with van der Waals surface area (Å²) in [6.07, 6.45) is 0. The number of amides is 1. The fourth-order valence-electron chi connectivity index (χ4n) is 1.27. The summed E-state index contributed by atoms with van der Waals surface area (Å²) in [7, 11) is 0.0780. The molecule has 0 aliphatic carbocycles. The van der Waals surface area contributed by atoms with Crippen molar-refractivity contribution in [2.24, 2.45) is 0 Å². The molecule has 1 amide bonds. The minimum atomic E-state index is -2.89. The van der Waals surface area contributed by atoms with Crippen LogP contribution in [0.2, 0.25) is 0 Å². The van der Waals surface area contributed by atoms with E-state index in [9.17, 15) is 17.8 Å². The van der Waals surface area contributed by atoms with Gasteiger partial charge in [0.2, 0.25) is 5.91 Å². The third-order valence-electron chi connectivity index (χ3n) is 2.02. The van der Waals surface area contributed by atoms with Crippen molar-refractivity contribution in [3.63, 3.8) is 0 Å². The lowest BCUT2D eigenvalue weighted by Crippen LogP contribution is -2.24. The Hall–Kier alpha value is -1.50. The van der Waals surface area contributed by atoms with Crippen molar-refractivity contribution in [3.05, 3.63) is 29.8 Å². The van der Waals surface area contributed by atoms with Crippen molar-refractivity contribution in [3.8, 4) is 5.75 Å². The average molecular weight is 277 g/mol. The van der Waals surface area contributed by atoms with Crippen LogP contribution in [-0.4, -0.2) is 29.5 Å². The van der Waals surface area contributed by atoms with Crippen molar-refractivity contribution >= 4 is 16.7 Å². The van der Waals surface area contributed by atoms with Gasteiger partial charge >= 0.3 is 6.61 Å². The fraction of sp³-hybridized carbons (Fsp3) is 0.364. The zero-order valence-corrected chi connectivity index (χ0v) is 10.5. The maximum absolute atomic E-state index is 12.0. The molecule has 1 N–H and O–H groups in total. The number of carbonyl (C=O) groups is 1. The smallest absolute Gasteiger partial charge is 0.387 e. The number of alkyl halides is 2. The normalized spacial score (nSPS) is 12.2. The molecule has 0 heterocycles. The molecule has 1 aromatic rings. The van der Waals surface area contributed by atoms with E-state index < -0.39 is 17.4 Å². The third-order valence-corrected chi connectivity index (χ3v) is 3.26. The molecule has 0 saturated carbocycles. The van der Waals surface area contributed by atoms with Crippen LogP contribution in [0.4, 0.5) is 8.78 Å². The Balaban J connectivity index is 2.61. The predicted molar refractivity (Wildman–Crippen MR) is 63.9 cm³/mol. The van der Waals surface area contributed by atoms with Crippen molar-refractivity contribution in [2.45, 2.75) is 12.4 Å². The summed E-state index contributed by atoms with van der Waals surface area (Å²) in [5.74, 6) is -0.308. The number of ether oxygens (including phenoxy) is 1. The highest BCUT2D eigenvalue weighted by Crippen LogP contribution is 2.17. The van der Waals surface area contributed by atoms with Crippen molar-refractivity contribution in [1.82, 2.24) is 5.32 Å². The van der Waals surface area contributed by atoms with Gasteiger partial charge in [-0.3, -0.25) is 9.00 Å². The van der Waals surface area contributed by atoms with E-state index in [1.807, 2.05) is 0 Å². The molecule has 0 radical (unpaired) electrons. The van der Waals surface area contributed by atoms with Crippen LogP contribution in [0.5, 0.6) is 5.75 Å². The van der Waals surface area contributed by atoms with Gasteiger partial charge < -0.3 is 10.1 Å². The van der Waals surface area contributed by atoms with E-state index in [0.29, 0.717) is 5.56 Å². The molecule has 0 saturated heterocycles. The highest BCUT2D eigenvalue weighted by molar-refractivity contribution is 7.84. The lowest BCUT2D eigenvalue weighted by Gasteiger charge is -2.06. The van der Waals surface area contributed by atoms with Gasteiger partial charge in [0.15, 0.2) is 0 Å². The molecule has 0 fully saturated rings. The molecule has 1 atom stereocenters. The standard InChI is InChI=1S/C11H13F2NO3S/c1-14-10(15)7-18(16)6-8-3-2-4-9(5-8)17-11(12)13/h2-5,11H,6-7H2,1H3,(H,14,15)/t18-/m0/s1. The molecular formula is C11H13F2NO3S. The van der Waals surface area contributed by atoms with Gasteiger partial charge in [-0.2, -0.15) is 8.78 Å². The molecular weight excluding hydrogens is 264 g/mol. The van der Waals surface area contributed by atoms with Crippen molar-refractivity contribution in [2.75, 3.05) is 12.8 Å². The minimum Gasteiger partial charge on any atom is -0.435 e. The van der Waals surface area contributed by atoms with Gasteiger partial charge in [-0.15, -0.1) is 0 Å². The molecule has 18 heavy (non-hydrogen) atoms. The summed E-state index contributed by atoms with van der Waals surface area (Å²) in [5, 5.41) is 2.36. The average Bonchev–Trinajstić information content (AvgIpc) is 2.28. The monoisotopic (exact) mass is 277 g/mol. The molecule has 0 aromatic heterocycles. The van der Waals surface area contributed by atoms with Crippen LogP contribution in [0.1, 0.15) is 5.56 Å². The van der Waals surface area contributed by atoms with Gasteiger partial charge in [-0.05, 0) is 17.7 Å². The van der Waals surface area contributed by atoms with Crippen LogP contribution < -0.4 is 10.1 Å². The summed E-state index contributed by atoms with van der Waals surface area (Å²) in [6, 6.07) is 5.94. The van der Waals surface area contributed by atoms with Gasteiger partial charge in [-0.1, -0.05) is 12.1 Å². The highest BCUT2D eigenvalue weighted by Gasteiger charge is 2.09. The Kier molecular flexibility index (Phi) is 5.70. The van der Waals surface area contributed by atoms with Crippen LogP contribution in [0.15, 0.2) is 24.3 Å². The van der Waals surface area contributed by atoms with E-state index in [-0.39, 0.29) is 23.2 Å². The highest BCUT2D eigenvalue weighted by atomic mass is 32.2. The molecule has 0 unspecified atom stereocenters. The first-order chi connectivity index (χ1) is 8.51. The largest absolute Gasteiger partial charge is 0.435 e. The van der Waals surface area contributed by atoms with Crippen LogP contribution >= 0.6 is 0 Å². The van der Waals surface area contributed by atoms with Crippen LogP contribution in [0, 0.1) is 0 Å². The zero-order chi connectivity index (χ0) is 13.5. The van der Waals surface area contributed by atoms with Gasteiger partial charge in [0.05, 0.1) is 0 Å². The maximum Gasteiger partial charge on any atom is 0.387 e. The number of carbonyl (C=O) groups excluding carboxylic acids is 1. The lowest BCUT2D eigenvalue weighted by atomic mass is 10.2. The maximum atomic E-state index is 12.0. The first-order valence-corrected chi connectivity index (χ1v) is 6.59. The van der Waals surface area contributed by atoms with Crippen molar-refractivity contribution < 1.29 is 22.5 Å². The predicted octanol–water partition coefficient (Wildman–Crippen LogP) is 1.28. The first kappa shape index (κ1) is 14.6. The molecule has 100 valence electrons. The van der Waals surface area contributed by atoms with Gasteiger partial charge in [0.25, 0.3) is 0 Å². The summed E-state index contributed by atoms with van der Waals surface area (Å²) in [6.45, 7) is -2.89. The number of hydrogen-bond acceptors (Lipinski definition) is 3. The van der Waals surface area contributed by atoms with Gasteiger partial charge in [-0.25, -0.2) is 0 Å². The van der Waals surface area contributed by atoms with Gasteiger partial charge in [0.1, 0.15) is 11.5 Å². The number of rotatable bonds is 6. The number of hydrogen-bond donors (Lipinski definition) is 1. The zero-order valence-electron chi connectivity index (χ0n) is 9.69. The topological polar surface area (TPSA) is 55.4 Å². The number of benzene rings is 1. The van der Waals surface area contributed by atoms with Crippen LogP contribution in [-0.2, 0) is 21.3 Å². The van der Waals surface area contributed by atoms with E-state index >= 15 is 0 Å². The Morgan fingerprint density at radius 3 is 2.83 bits per heavy atom. The summed E-state index contributed by atoms with van der Waals surface area (Å²) in [4.78, 5) is 11.0. The molecule has 7 heteroatoms. The second-order valence-corrected chi connectivity index (χ2v) is 4.88. The molecule has 0 aliphatic heterocycles. The first-order valence-electron chi connectivity index (χ1n) is 5.10. The Morgan fingerprint density at radius 2 is 2.22 bits per heavy atom. The van der Waals surface area contributed by atoms with Crippen LogP contribution in [0.3, 0.4) is 0 Å². The molecule has 1 aromatic carbocycles. The van der Waals surface area contributed by atoms with E-state index in [2.05, 4.69) is 10.1 Å². The van der Waals surface area contributed by atoms with Crippen LogP contribution in [0.25, 0.3) is 0 Å². The third kappa shape index (κ3) is 5.22. The van der Waals surface area contributed by atoms with Crippen molar-refractivity contribution in [1.29, 1.82) is 0 Å².